The van der Waals surface area contributed by atoms with Crippen LogP contribution < -0.4 is 30.1 Å². The van der Waals surface area contributed by atoms with Crippen LogP contribution in [0.15, 0.2) is 73.7 Å². The number of aliphatic hydroxyl groups is 1. The molecule has 352 valence electrons. The van der Waals surface area contributed by atoms with E-state index < -0.39 is 18.5 Å². The quantitative estimate of drug-likeness (QED) is 0.113. The Labute approximate surface area is 387 Å². The van der Waals surface area contributed by atoms with Gasteiger partial charge in [0.05, 0.1) is 37.0 Å². The van der Waals surface area contributed by atoms with Crippen LogP contribution in [0.4, 0.5) is 47.6 Å². The summed E-state index contributed by atoms with van der Waals surface area (Å²) >= 11 is 0. The number of hydrogen-bond acceptors (Lipinski definition) is 12. The van der Waals surface area contributed by atoms with Crippen LogP contribution in [-0.2, 0) is 37.0 Å². The molecule has 0 saturated carbocycles. The lowest BCUT2D eigenvalue weighted by Crippen LogP contribution is -2.58. The molecule has 9 rings (SSSR count). The summed E-state index contributed by atoms with van der Waals surface area (Å²) in [6.07, 6.45) is 4.56. The molecule has 18 heteroatoms. The number of benzene rings is 1. The predicted molar refractivity (Wildman–Crippen MR) is 251 cm³/mol. The minimum Gasteiger partial charge on any atom is -0.478 e. The lowest BCUT2D eigenvalue weighted by molar-refractivity contribution is -0.141. The first kappa shape index (κ1) is 45.6. The van der Waals surface area contributed by atoms with Crippen molar-refractivity contribution in [3.63, 3.8) is 0 Å². The van der Waals surface area contributed by atoms with E-state index in [0.717, 1.165) is 50.5 Å². The Hall–Kier alpha value is -6.53. The van der Waals surface area contributed by atoms with Gasteiger partial charge in [-0.2, -0.15) is 13.2 Å². The summed E-state index contributed by atoms with van der Waals surface area (Å²) in [7, 11) is 1.49. The molecule has 3 atom stereocenters. The molecule has 7 heterocycles. The van der Waals surface area contributed by atoms with E-state index in [2.05, 4.69) is 74.2 Å². The number of piperidine rings is 1. The fraction of sp³-hybridized carbons (Fsp3) is 0.429. The van der Waals surface area contributed by atoms with Gasteiger partial charge in [0.2, 0.25) is 5.91 Å². The molecule has 0 radical (unpaired) electrons. The van der Waals surface area contributed by atoms with Crippen LogP contribution in [0, 0.1) is 5.41 Å². The molecule has 4 aromatic heterocycles. The normalized spacial score (nSPS) is 20.6. The Bertz CT molecular complexity index is 2720. The number of pyridine rings is 2. The van der Waals surface area contributed by atoms with Crippen molar-refractivity contribution in [2.75, 3.05) is 65.2 Å². The summed E-state index contributed by atoms with van der Waals surface area (Å²) in [5.74, 6) is 0.324. The van der Waals surface area contributed by atoms with Gasteiger partial charge in [-0.3, -0.25) is 24.4 Å². The maximum absolute atomic E-state index is 14.0. The number of anilines is 6. The largest absolute Gasteiger partial charge is 0.478 e. The summed E-state index contributed by atoms with van der Waals surface area (Å²) < 4.78 is 48.1. The van der Waals surface area contributed by atoms with E-state index in [9.17, 15) is 27.9 Å². The number of amides is 2. The summed E-state index contributed by atoms with van der Waals surface area (Å²) in [6, 6.07) is 12.6. The Kier molecular flexibility index (Phi) is 12.2. The van der Waals surface area contributed by atoms with E-state index in [1.165, 1.54) is 30.6 Å². The third-order valence-corrected chi connectivity index (χ3v) is 13.7. The van der Waals surface area contributed by atoms with Crippen LogP contribution in [0.5, 0.6) is 5.88 Å². The third-order valence-electron chi connectivity index (χ3n) is 13.7. The molecule has 67 heavy (non-hydrogen) atoms. The predicted octanol–water partition coefficient (Wildman–Crippen LogP) is 7.48. The van der Waals surface area contributed by atoms with Crippen molar-refractivity contribution in [1.82, 2.24) is 29.4 Å². The first-order valence-corrected chi connectivity index (χ1v) is 22.7. The highest BCUT2D eigenvalue weighted by Gasteiger charge is 2.39. The molecule has 4 aliphatic rings. The number of alkyl halides is 3. The van der Waals surface area contributed by atoms with E-state index in [1.54, 1.807) is 29.4 Å². The molecular formula is C49H56F3N11O4. The summed E-state index contributed by atoms with van der Waals surface area (Å²) in [6.45, 7) is 15.8. The highest BCUT2D eigenvalue weighted by atomic mass is 19.4. The van der Waals surface area contributed by atoms with Crippen LogP contribution in [0.2, 0.25) is 0 Å². The number of nitrogens with one attached hydrogen (secondary N) is 2. The number of carbonyl (C=O) groups excluding carboxylic acids is 2. The second kappa shape index (κ2) is 17.9. The molecule has 2 amide bonds. The molecule has 15 nitrogen and oxygen atoms in total. The molecule has 1 aromatic carbocycles. The van der Waals surface area contributed by atoms with Gasteiger partial charge in [-0.25, -0.2) is 15.0 Å². The second-order valence-corrected chi connectivity index (χ2v) is 18.8. The number of hydrogen-bond donors (Lipinski definition) is 3. The number of nitrogens with zero attached hydrogens (tertiary/aromatic N) is 9. The summed E-state index contributed by atoms with van der Waals surface area (Å²) in [5.41, 5.74) is 6.27. The Morgan fingerprint density at radius 3 is 2.52 bits per heavy atom. The number of methoxy groups -OCH3 is 1. The van der Waals surface area contributed by atoms with Crippen molar-refractivity contribution in [2.45, 2.75) is 90.8 Å². The molecule has 0 spiro atoms. The first-order chi connectivity index (χ1) is 32.0. The second-order valence-electron chi connectivity index (χ2n) is 18.8. The van der Waals surface area contributed by atoms with Crippen molar-refractivity contribution in [1.29, 1.82) is 0 Å². The van der Waals surface area contributed by atoms with E-state index in [-0.39, 0.29) is 47.1 Å². The SMILES string of the molecule is C=CC(=O)Nc1cc(Nc2nc(-c3ccnc(N4CCn5c(cc6c5CC(C)(C)C6)C4=O)c3CO)cnc2OC)ccc1N1CCN(C2CCN(c3ccnc(C(F)(F)F)c3)[C@H](C)C2)C[C@@H]1C. The maximum atomic E-state index is 14.0. The minimum atomic E-state index is -4.50. The third kappa shape index (κ3) is 8.91. The fourth-order valence-corrected chi connectivity index (χ4v) is 10.5. The minimum absolute atomic E-state index is 0.0347. The number of piperazine rings is 1. The van der Waals surface area contributed by atoms with Crippen molar-refractivity contribution >= 4 is 46.2 Å². The Morgan fingerprint density at radius 2 is 1.79 bits per heavy atom. The van der Waals surface area contributed by atoms with Gasteiger partial charge in [0, 0.05) is 98.0 Å². The van der Waals surface area contributed by atoms with Crippen LogP contribution in [0.3, 0.4) is 0 Å². The van der Waals surface area contributed by atoms with Crippen molar-refractivity contribution in [3.8, 4) is 17.1 Å². The Balaban J connectivity index is 0.920. The number of rotatable bonds is 11. The van der Waals surface area contributed by atoms with Crippen molar-refractivity contribution in [3.05, 3.63) is 102 Å². The zero-order valence-corrected chi connectivity index (χ0v) is 38.4. The molecule has 3 aliphatic heterocycles. The van der Waals surface area contributed by atoms with Crippen LogP contribution >= 0.6 is 0 Å². The van der Waals surface area contributed by atoms with Crippen LogP contribution in [0.25, 0.3) is 11.3 Å². The number of halogens is 3. The molecular weight excluding hydrogens is 864 g/mol. The molecule has 1 aliphatic carbocycles. The average Bonchev–Trinajstić information content (AvgIpc) is 3.80. The molecule has 3 N–H and O–H groups in total. The topological polar surface area (TPSA) is 157 Å². The highest BCUT2D eigenvalue weighted by molar-refractivity contribution is 6.06. The lowest BCUT2D eigenvalue weighted by atomic mass is 9.90. The molecule has 2 fully saturated rings. The average molecular weight is 920 g/mol. The molecule has 0 bridgehead atoms. The fourth-order valence-electron chi connectivity index (χ4n) is 10.5. The zero-order chi connectivity index (χ0) is 47.4. The number of ether oxygens (including phenoxy) is 1. The van der Waals surface area contributed by atoms with Gasteiger partial charge < -0.3 is 34.8 Å². The molecule has 2 saturated heterocycles. The van der Waals surface area contributed by atoms with Gasteiger partial charge in [-0.1, -0.05) is 20.4 Å². The maximum Gasteiger partial charge on any atom is 0.433 e. The summed E-state index contributed by atoms with van der Waals surface area (Å²) in [4.78, 5) is 52.9. The highest BCUT2D eigenvalue weighted by Crippen LogP contribution is 2.41. The monoisotopic (exact) mass is 919 g/mol. The number of aromatic nitrogens is 5. The standard InChI is InChI=1S/C49H56F3N11O4/c1-7-43(65)57-37-22-32(8-9-39(37)61-17-16-59(27-30(61)3)33-12-15-60(29(2)20-33)34-10-13-53-42(23-34)49(50,51)52)56-44-46(67-6)55-26-38(58-44)35-11-14-54-45(36(35)28-64)63-19-18-62-40(47(63)66)21-31-24-48(4,5)25-41(31)62/h7-11,13-14,21-23,26,29-30,33,64H,1,12,15-20,24-25,27-28H2,2-6H3,(H,56,58)(H,57,65)/t29-,30+,33?/m1/s1. The van der Waals surface area contributed by atoms with E-state index in [0.29, 0.717) is 71.6 Å². The van der Waals surface area contributed by atoms with Gasteiger partial charge in [0.1, 0.15) is 17.2 Å². The van der Waals surface area contributed by atoms with E-state index in [1.807, 2.05) is 29.2 Å². The number of fused-ring (bicyclic) bond motifs is 3. The van der Waals surface area contributed by atoms with E-state index >= 15 is 0 Å². The van der Waals surface area contributed by atoms with Crippen molar-refractivity contribution in [2.24, 2.45) is 5.41 Å². The van der Waals surface area contributed by atoms with Crippen LogP contribution in [-0.4, -0.2) is 104 Å². The van der Waals surface area contributed by atoms with Gasteiger partial charge in [0.25, 0.3) is 11.8 Å². The van der Waals surface area contributed by atoms with E-state index in [4.69, 9.17) is 9.72 Å². The first-order valence-electron chi connectivity index (χ1n) is 22.7. The van der Waals surface area contributed by atoms with Gasteiger partial charge in [0.15, 0.2) is 5.82 Å². The Morgan fingerprint density at radius 1 is 0.985 bits per heavy atom. The lowest BCUT2D eigenvalue weighted by Gasteiger charge is -2.48. The number of aliphatic hydroxyl groups excluding tert-OH is 1. The zero-order valence-electron chi connectivity index (χ0n) is 38.4. The van der Waals surface area contributed by atoms with Gasteiger partial charge in [-0.15, -0.1) is 0 Å². The molecule has 1 unspecified atom stereocenters. The van der Waals surface area contributed by atoms with Gasteiger partial charge >= 0.3 is 6.18 Å². The summed E-state index contributed by atoms with van der Waals surface area (Å²) in [5, 5.41) is 17.1. The number of carbonyl (C=O) groups is 2. The molecule has 5 aromatic rings. The van der Waals surface area contributed by atoms with Crippen LogP contribution in [0.1, 0.15) is 73.5 Å². The smallest absolute Gasteiger partial charge is 0.433 e. The van der Waals surface area contributed by atoms with Gasteiger partial charge in [-0.05, 0) is 99.0 Å². The van der Waals surface area contributed by atoms with Crippen molar-refractivity contribution < 1.29 is 32.6 Å².